The number of carbonyl (C=O) groups is 1. The Labute approximate surface area is 128 Å². The predicted octanol–water partition coefficient (Wildman–Crippen LogP) is 2.33. The molecule has 0 saturated heterocycles. The second-order valence-corrected chi connectivity index (χ2v) is 5.80. The van der Waals surface area contributed by atoms with Gasteiger partial charge < -0.3 is 15.8 Å². The van der Waals surface area contributed by atoms with E-state index in [-0.39, 0.29) is 6.61 Å². The van der Waals surface area contributed by atoms with Crippen molar-refractivity contribution in [2.24, 2.45) is 5.73 Å². The quantitative estimate of drug-likeness (QED) is 0.787. The molecule has 0 aliphatic carbocycles. The lowest BCUT2D eigenvalue weighted by Crippen LogP contribution is -2.27. The lowest BCUT2D eigenvalue weighted by Gasteiger charge is -2.13. The SMILES string of the molecule is CC(Cc1ccsc1)NCc1ccc(OCC(N)=O)cc1. The number of primary amides is 1. The molecule has 112 valence electrons. The molecular weight excluding hydrogens is 284 g/mol. The normalized spacial score (nSPS) is 12.0. The van der Waals surface area contributed by atoms with Gasteiger partial charge in [-0.15, -0.1) is 0 Å². The van der Waals surface area contributed by atoms with E-state index in [9.17, 15) is 4.79 Å². The van der Waals surface area contributed by atoms with Crippen molar-refractivity contribution in [3.63, 3.8) is 0 Å². The Bertz CT molecular complexity index is 552. The third-order valence-corrected chi connectivity index (χ3v) is 3.81. The summed E-state index contributed by atoms with van der Waals surface area (Å²) in [7, 11) is 0. The van der Waals surface area contributed by atoms with Gasteiger partial charge in [0.2, 0.25) is 0 Å². The van der Waals surface area contributed by atoms with Crippen LogP contribution in [-0.4, -0.2) is 18.6 Å². The third-order valence-electron chi connectivity index (χ3n) is 3.08. The van der Waals surface area contributed by atoms with E-state index in [2.05, 4.69) is 29.1 Å². The number of carbonyl (C=O) groups excluding carboxylic acids is 1. The largest absolute Gasteiger partial charge is 0.484 e. The van der Waals surface area contributed by atoms with E-state index in [0.717, 1.165) is 13.0 Å². The van der Waals surface area contributed by atoms with E-state index in [4.69, 9.17) is 10.5 Å². The molecule has 4 nitrogen and oxygen atoms in total. The van der Waals surface area contributed by atoms with Crippen molar-refractivity contribution in [3.05, 3.63) is 52.2 Å². The van der Waals surface area contributed by atoms with Crippen LogP contribution in [0.2, 0.25) is 0 Å². The van der Waals surface area contributed by atoms with Crippen LogP contribution in [0.15, 0.2) is 41.1 Å². The monoisotopic (exact) mass is 304 g/mol. The lowest BCUT2D eigenvalue weighted by atomic mass is 10.1. The Morgan fingerprint density at radius 1 is 1.29 bits per heavy atom. The fourth-order valence-electron chi connectivity index (χ4n) is 1.98. The van der Waals surface area contributed by atoms with Crippen LogP contribution in [0.5, 0.6) is 5.75 Å². The third kappa shape index (κ3) is 5.57. The van der Waals surface area contributed by atoms with Gasteiger partial charge >= 0.3 is 0 Å². The molecule has 1 aromatic carbocycles. The highest BCUT2D eigenvalue weighted by Crippen LogP contribution is 2.13. The number of nitrogens with two attached hydrogens (primary N) is 1. The summed E-state index contributed by atoms with van der Waals surface area (Å²) in [5.74, 6) is 0.187. The molecule has 0 fully saturated rings. The van der Waals surface area contributed by atoms with Crippen molar-refractivity contribution in [3.8, 4) is 5.75 Å². The first-order chi connectivity index (χ1) is 10.1. The average Bonchev–Trinajstić information content (AvgIpc) is 2.97. The van der Waals surface area contributed by atoms with E-state index in [1.165, 1.54) is 11.1 Å². The number of thiophene rings is 1. The zero-order chi connectivity index (χ0) is 15.1. The highest BCUT2D eigenvalue weighted by atomic mass is 32.1. The molecule has 21 heavy (non-hydrogen) atoms. The van der Waals surface area contributed by atoms with E-state index in [1.54, 1.807) is 11.3 Å². The number of amides is 1. The van der Waals surface area contributed by atoms with Crippen LogP contribution in [-0.2, 0) is 17.8 Å². The summed E-state index contributed by atoms with van der Waals surface area (Å²) < 4.78 is 5.22. The smallest absolute Gasteiger partial charge is 0.255 e. The summed E-state index contributed by atoms with van der Waals surface area (Å²) in [5, 5.41) is 7.78. The number of hydrogen-bond donors (Lipinski definition) is 2. The van der Waals surface area contributed by atoms with Gasteiger partial charge in [-0.05, 0) is 53.4 Å². The van der Waals surface area contributed by atoms with Gasteiger partial charge in [-0.2, -0.15) is 11.3 Å². The fourth-order valence-corrected chi connectivity index (χ4v) is 2.67. The zero-order valence-corrected chi connectivity index (χ0v) is 12.9. The minimum Gasteiger partial charge on any atom is -0.484 e. The molecule has 0 saturated carbocycles. The first kappa shape index (κ1) is 15.5. The number of ether oxygens (including phenoxy) is 1. The minimum absolute atomic E-state index is 0.0880. The van der Waals surface area contributed by atoms with Crippen LogP contribution in [0, 0.1) is 0 Å². The van der Waals surface area contributed by atoms with Crippen LogP contribution in [0.3, 0.4) is 0 Å². The molecule has 0 radical (unpaired) electrons. The second-order valence-electron chi connectivity index (χ2n) is 5.02. The summed E-state index contributed by atoms with van der Waals surface area (Å²) >= 11 is 1.73. The Kier molecular flexibility index (Phi) is 5.78. The minimum atomic E-state index is -0.469. The van der Waals surface area contributed by atoms with Crippen LogP contribution < -0.4 is 15.8 Å². The number of benzene rings is 1. The van der Waals surface area contributed by atoms with Gasteiger partial charge in [-0.25, -0.2) is 0 Å². The number of nitrogens with one attached hydrogen (secondary N) is 1. The van der Waals surface area contributed by atoms with Gasteiger partial charge in [0.1, 0.15) is 5.75 Å². The van der Waals surface area contributed by atoms with Crippen LogP contribution >= 0.6 is 11.3 Å². The van der Waals surface area contributed by atoms with E-state index < -0.39 is 5.91 Å². The van der Waals surface area contributed by atoms with Gasteiger partial charge in [0.05, 0.1) is 0 Å². The van der Waals surface area contributed by atoms with Crippen molar-refractivity contribution in [1.29, 1.82) is 0 Å². The molecule has 1 heterocycles. The van der Waals surface area contributed by atoms with Crippen molar-refractivity contribution in [1.82, 2.24) is 5.32 Å². The number of rotatable bonds is 8. The van der Waals surface area contributed by atoms with Crippen molar-refractivity contribution < 1.29 is 9.53 Å². The first-order valence-electron chi connectivity index (χ1n) is 6.88. The maximum atomic E-state index is 10.6. The first-order valence-corrected chi connectivity index (χ1v) is 7.82. The molecule has 0 spiro atoms. The van der Waals surface area contributed by atoms with E-state index >= 15 is 0 Å². The van der Waals surface area contributed by atoms with Crippen LogP contribution in [0.25, 0.3) is 0 Å². The molecule has 3 N–H and O–H groups in total. The molecule has 1 aromatic heterocycles. The van der Waals surface area contributed by atoms with Gasteiger partial charge in [0.25, 0.3) is 5.91 Å². The van der Waals surface area contributed by atoms with Crippen LogP contribution in [0.4, 0.5) is 0 Å². The standard InChI is InChI=1S/C16H20N2O2S/c1-12(8-14-6-7-21-11-14)18-9-13-2-4-15(5-3-13)20-10-16(17)19/h2-7,11-12,18H,8-10H2,1H3,(H2,17,19). The number of hydrogen-bond acceptors (Lipinski definition) is 4. The molecule has 1 atom stereocenters. The topological polar surface area (TPSA) is 64.3 Å². The van der Waals surface area contributed by atoms with Gasteiger partial charge in [-0.1, -0.05) is 12.1 Å². The molecule has 2 rings (SSSR count). The van der Waals surface area contributed by atoms with E-state index in [0.29, 0.717) is 11.8 Å². The molecule has 1 unspecified atom stereocenters. The van der Waals surface area contributed by atoms with Crippen molar-refractivity contribution in [2.75, 3.05) is 6.61 Å². The molecule has 0 aliphatic rings. The zero-order valence-electron chi connectivity index (χ0n) is 12.0. The van der Waals surface area contributed by atoms with Gasteiger partial charge in [0.15, 0.2) is 6.61 Å². The Hall–Kier alpha value is -1.85. The highest BCUT2D eigenvalue weighted by molar-refractivity contribution is 7.07. The molecule has 5 heteroatoms. The highest BCUT2D eigenvalue weighted by Gasteiger charge is 2.04. The summed E-state index contributed by atoms with van der Waals surface area (Å²) in [6.45, 7) is 2.90. The summed E-state index contributed by atoms with van der Waals surface area (Å²) in [6.07, 6.45) is 1.03. The predicted molar refractivity (Wildman–Crippen MR) is 85.5 cm³/mol. The maximum Gasteiger partial charge on any atom is 0.255 e. The molecule has 1 amide bonds. The molecule has 0 aliphatic heterocycles. The average molecular weight is 304 g/mol. The van der Waals surface area contributed by atoms with Crippen molar-refractivity contribution in [2.45, 2.75) is 25.9 Å². The Balaban J connectivity index is 1.76. The van der Waals surface area contributed by atoms with Gasteiger partial charge in [-0.3, -0.25) is 4.79 Å². The molecule has 2 aromatic rings. The van der Waals surface area contributed by atoms with Crippen LogP contribution in [0.1, 0.15) is 18.1 Å². The van der Waals surface area contributed by atoms with Gasteiger partial charge in [0, 0.05) is 12.6 Å². The summed E-state index contributed by atoms with van der Waals surface area (Å²) in [4.78, 5) is 10.6. The fraction of sp³-hybridized carbons (Fsp3) is 0.312. The molecular formula is C16H20N2O2S. The molecule has 0 bridgehead atoms. The summed E-state index contributed by atoms with van der Waals surface area (Å²) in [5.41, 5.74) is 7.58. The maximum absolute atomic E-state index is 10.6. The second kappa shape index (κ2) is 7.81. The lowest BCUT2D eigenvalue weighted by molar-refractivity contribution is -0.119. The Morgan fingerprint density at radius 3 is 2.67 bits per heavy atom. The Morgan fingerprint density at radius 2 is 2.05 bits per heavy atom. The summed E-state index contributed by atoms with van der Waals surface area (Å²) in [6, 6.07) is 10.3. The van der Waals surface area contributed by atoms with E-state index in [1.807, 2.05) is 24.3 Å². The van der Waals surface area contributed by atoms with Crippen molar-refractivity contribution >= 4 is 17.2 Å².